The molecule has 12 heteroatoms. The molecule has 238 valence electrons. The number of carbonyl (C=O) groups excluding carboxylic acids is 1. The lowest BCUT2D eigenvalue weighted by molar-refractivity contribution is -0.285. The Morgan fingerprint density at radius 2 is 1.71 bits per heavy atom. The van der Waals surface area contributed by atoms with Gasteiger partial charge >= 0.3 is 5.97 Å². The first-order valence-corrected chi connectivity index (χ1v) is 14.8. The van der Waals surface area contributed by atoms with Crippen molar-refractivity contribution in [3.8, 4) is 0 Å². The first-order valence-electron chi connectivity index (χ1n) is 14.8. The van der Waals surface area contributed by atoms with E-state index in [1.165, 1.54) is 13.8 Å². The third-order valence-electron chi connectivity index (χ3n) is 9.79. The summed E-state index contributed by atoms with van der Waals surface area (Å²) in [5, 5.41) is 59.3. The zero-order chi connectivity index (χ0) is 31.2. The molecule has 0 aromatic rings. The average Bonchev–Trinajstić information content (AvgIpc) is 3.07. The second-order valence-electron chi connectivity index (χ2n) is 13.2. The molecule has 12 nitrogen and oxygen atoms in total. The predicted octanol–water partition coefficient (Wildman–Crippen LogP) is 1.49. The number of cyclic esters (lactones) is 1. The molecular formula is C29H52N2O10. The van der Waals surface area contributed by atoms with E-state index in [1.54, 1.807) is 34.6 Å². The van der Waals surface area contributed by atoms with Crippen molar-refractivity contribution in [3.05, 3.63) is 0 Å². The molecule has 0 saturated carbocycles. The van der Waals surface area contributed by atoms with Crippen LogP contribution >= 0.6 is 0 Å². The van der Waals surface area contributed by atoms with E-state index in [-0.39, 0.29) is 30.7 Å². The molecule has 0 aromatic carbocycles. The van der Waals surface area contributed by atoms with Crippen molar-refractivity contribution in [2.24, 2.45) is 28.8 Å². The molecule has 0 amide bonds. The van der Waals surface area contributed by atoms with Gasteiger partial charge in [0.2, 0.25) is 0 Å². The van der Waals surface area contributed by atoms with Crippen molar-refractivity contribution in [2.75, 3.05) is 14.1 Å². The van der Waals surface area contributed by atoms with Crippen molar-refractivity contribution in [1.82, 2.24) is 4.90 Å². The largest absolute Gasteiger partial charge is 0.459 e. The molecular weight excluding hydrogens is 536 g/mol. The van der Waals surface area contributed by atoms with Crippen LogP contribution in [-0.4, -0.2) is 116 Å². The minimum Gasteiger partial charge on any atom is -0.459 e. The summed E-state index contributed by atoms with van der Waals surface area (Å²) in [5.41, 5.74) is -2.94. The van der Waals surface area contributed by atoms with E-state index in [1.807, 2.05) is 25.9 Å². The van der Waals surface area contributed by atoms with Crippen LogP contribution in [0.1, 0.15) is 74.7 Å². The number of esters is 1. The average molecular weight is 589 g/mol. The van der Waals surface area contributed by atoms with Crippen LogP contribution in [0.5, 0.6) is 0 Å². The summed E-state index contributed by atoms with van der Waals surface area (Å²) in [6, 6.07) is -0.230. The Balaban J connectivity index is 2.09. The lowest BCUT2D eigenvalue weighted by Gasteiger charge is -2.44. The number of carbonyl (C=O) groups is 1. The number of nitrogens with zero attached hydrogens (tertiary/aromatic N) is 2. The Kier molecular flexibility index (Phi) is 10.2. The normalized spacial score (nSPS) is 51.1. The standard InChI is InChI=1S/C29H52N2O10/c1-11-20-28(8,35)23(33)16(4)21(30-37)14(2)13-27(7)24(17(5)29(36,41-27)18(6)25(34)39-20)40-26-22(32)19(31(9)10)12-15(3)38-26/h14-20,22-24,26,32-33,35-37H,11-13H2,1-10H3/b30-21+/t14-,15-,16+,17-,18+,19+,20-,22-,23-,24-,26+,27-,28-,29-/m1/s1. The number of rotatable bonds is 4. The van der Waals surface area contributed by atoms with Gasteiger partial charge in [-0.15, -0.1) is 0 Å². The van der Waals surface area contributed by atoms with Crippen LogP contribution < -0.4 is 0 Å². The summed E-state index contributed by atoms with van der Waals surface area (Å²) in [6.07, 6.45) is -4.75. The second-order valence-corrected chi connectivity index (χ2v) is 13.2. The first kappa shape index (κ1) is 34.1. The maximum absolute atomic E-state index is 13.5. The Hall–Kier alpha value is -1.38. The fraction of sp³-hybridized carbons (Fsp3) is 0.931. The Bertz CT molecular complexity index is 962. The molecule has 3 saturated heterocycles. The summed E-state index contributed by atoms with van der Waals surface area (Å²) in [6.45, 7) is 13.3. The molecule has 0 spiro atoms. The molecule has 0 unspecified atom stereocenters. The molecule has 3 rings (SSSR count). The van der Waals surface area contributed by atoms with E-state index >= 15 is 0 Å². The number of oxime groups is 1. The quantitative estimate of drug-likeness (QED) is 0.183. The smallest absolute Gasteiger partial charge is 0.314 e. The van der Waals surface area contributed by atoms with Gasteiger partial charge in [-0.3, -0.25) is 4.79 Å². The van der Waals surface area contributed by atoms with Crippen molar-refractivity contribution < 1.29 is 49.4 Å². The molecule has 3 aliphatic heterocycles. The number of aliphatic hydroxyl groups is 4. The van der Waals surface area contributed by atoms with E-state index in [4.69, 9.17) is 18.9 Å². The highest BCUT2D eigenvalue weighted by molar-refractivity contribution is 5.88. The molecule has 14 atom stereocenters. The summed E-state index contributed by atoms with van der Waals surface area (Å²) in [5.74, 6) is -6.23. The highest BCUT2D eigenvalue weighted by Crippen LogP contribution is 2.51. The zero-order valence-corrected chi connectivity index (χ0v) is 26.1. The van der Waals surface area contributed by atoms with E-state index in [0.717, 1.165) is 0 Å². The topological polar surface area (TPSA) is 171 Å². The van der Waals surface area contributed by atoms with Crippen LogP contribution in [0.15, 0.2) is 5.16 Å². The van der Waals surface area contributed by atoms with E-state index < -0.39 is 77.3 Å². The third kappa shape index (κ3) is 6.17. The minimum absolute atomic E-state index is 0.150. The molecule has 3 heterocycles. The maximum Gasteiger partial charge on any atom is 0.314 e. The Labute approximate surface area is 243 Å². The van der Waals surface area contributed by atoms with E-state index in [2.05, 4.69) is 5.16 Å². The van der Waals surface area contributed by atoms with Gasteiger partial charge in [-0.05, 0) is 61.1 Å². The summed E-state index contributed by atoms with van der Waals surface area (Å²) in [4.78, 5) is 15.4. The predicted molar refractivity (Wildman–Crippen MR) is 149 cm³/mol. The second kappa shape index (κ2) is 12.3. The Morgan fingerprint density at radius 3 is 2.24 bits per heavy atom. The molecule has 0 aliphatic carbocycles. The zero-order valence-electron chi connectivity index (χ0n) is 26.1. The van der Waals surface area contributed by atoms with Crippen molar-refractivity contribution in [3.63, 3.8) is 0 Å². The highest BCUT2D eigenvalue weighted by Gasteiger charge is 2.64. The fourth-order valence-electron chi connectivity index (χ4n) is 7.21. The van der Waals surface area contributed by atoms with E-state index in [0.29, 0.717) is 6.42 Å². The number of aliphatic hydroxyl groups excluding tert-OH is 2. The van der Waals surface area contributed by atoms with E-state index in [9.17, 15) is 30.4 Å². The highest BCUT2D eigenvalue weighted by atomic mass is 16.7. The van der Waals surface area contributed by atoms with Crippen molar-refractivity contribution in [2.45, 2.75) is 134 Å². The maximum atomic E-state index is 13.5. The van der Waals surface area contributed by atoms with Crippen molar-refractivity contribution in [1.29, 1.82) is 0 Å². The lowest BCUT2D eigenvalue weighted by Crippen LogP contribution is -2.57. The van der Waals surface area contributed by atoms with Gasteiger partial charge in [0.25, 0.3) is 0 Å². The van der Waals surface area contributed by atoms with Crippen LogP contribution in [0.2, 0.25) is 0 Å². The molecule has 0 aromatic heterocycles. The molecule has 3 fully saturated rings. The van der Waals surface area contributed by atoms with Crippen LogP contribution in [0, 0.1) is 23.7 Å². The van der Waals surface area contributed by atoms with Crippen LogP contribution in [-0.2, 0) is 23.7 Å². The molecule has 2 bridgehead atoms. The number of fused-ring (bicyclic) bond motifs is 2. The molecule has 41 heavy (non-hydrogen) atoms. The lowest BCUT2D eigenvalue weighted by atomic mass is 9.75. The summed E-state index contributed by atoms with van der Waals surface area (Å²) < 4.78 is 24.6. The van der Waals surface area contributed by atoms with Gasteiger partial charge in [0, 0.05) is 23.8 Å². The van der Waals surface area contributed by atoms with Crippen LogP contribution in [0.4, 0.5) is 0 Å². The van der Waals surface area contributed by atoms with Crippen LogP contribution in [0.25, 0.3) is 0 Å². The SMILES string of the molecule is CC[C@H]1OC(=O)[C@H](C)[C@]2(O)O[C@](C)(C[C@@H](C)/C(=N\O)[C@H](C)[C@@H](O)[C@]1(C)O)[C@H](O[C@@H]1O[C@H](C)C[C@H](N(C)C)[C@H]1O)[C@H]2C. The number of hydrogen-bond donors (Lipinski definition) is 5. The fourth-order valence-corrected chi connectivity index (χ4v) is 7.21. The van der Waals surface area contributed by atoms with Crippen LogP contribution in [0.3, 0.4) is 0 Å². The first-order chi connectivity index (χ1) is 18.8. The minimum atomic E-state index is -2.05. The summed E-state index contributed by atoms with van der Waals surface area (Å²) in [7, 11) is 3.75. The van der Waals surface area contributed by atoms with Gasteiger partial charge in [0.1, 0.15) is 23.7 Å². The Morgan fingerprint density at radius 1 is 1.10 bits per heavy atom. The number of hydrogen-bond acceptors (Lipinski definition) is 12. The van der Waals surface area contributed by atoms with Crippen molar-refractivity contribution >= 4 is 11.7 Å². The molecule has 0 radical (unpaired) electrons. The van der Waals surface area contributed by atoms with Gasteiger partial charge in [-0.1, -0.05) is 32.9 Å². The summed E-state index contributed by atoms with van der Waals surface area (Å²) >= 11 is 0. The third-order valence-corrected chi connectivity index (χ3v) is 9.79. The number of ether oxygens (including phenoxy) is 4. The monoisotopic (exact) mass is 588 g/mol. The van der Waals surface area contributed by atoms with Gasteiger partial charge in [-0.2, -0.15) is 0 Å². The number of likely N-dealkylation sites (N-methyl/N-ethyl adjacent to an activating group) is 1. The van der Waals surface area contributed by atoms with Gasteiger partial charge in [-0.25, -0.2) is 0 Å². The molecule has 5 N–H and O–H groups in total. The van der Waals surface area contributed by atoms with Gasteiger partial charge < -0.3 is 49.5 Å². The molecule has 3 aliphatic rings. The van der Waals surface area contributed by atoms with Gasteiger partial charge in [0.05, 0.1) is 29.6 Å². The van der Waals surface area contributed by atoms with Gasteiger partial charge in [0.15, 0.2) is 12.1 Å².